The zero-order chi connectivity index (χ0) is 18.0. The van der Waals surface area contributed by atoms with E-state index in [-0.39, 0.29) is 17.2 Å². The Morgan fingerprint density at radius 3 is 2.44 bits per heavy atom. The minimum absolute atomic E-state index is 0.00400. The first-order valence-electron chi connectivity index (χ1n) is 8.50. The predicted octanol–water partition coefficient (Wildman–Crippen LogP) is 3.55. The largest absolute Gasteiger partial charge is 0.506 e. The van der Waals surface area contributed by atoms with Crippen molar-refractivity contribution in [1.29, 1.82) is 0 Å². The smallest absolute Gasteiger partial charge is 0.416 e. The van der Waals surface area contributed by atoms with Crippen LogP contribution in [0.2, 0.25) is 0 Å². The van der Waals surface area contributed by atoms with Crippen molar-refractivity contribution < 1.29 is 23.0 Å². The maximum Gasteiger partial charge on any atom is 0.416 e. The van der Waals surface area contributed by atoms with Gasteiger partial charge in [-0.15, -0.1) is 0 Å². The molecule has 0 spiro atoms. The van der Waals surface area contributed by atoms with Crippen molar-refractivity contribution in [3.8, 4) is 5.75 Å². The number of nitrogens with one attached hydrogen (secondary N) is 1. The monoisotopic (exact) mass is 422 g/mol. The molecule has 2 fully saturated rings. The molecule has 4 nitrogen and oxygen atoms in total. The van der Waals surface area contributed by atoms with Crippen LogP contribution in [0.4, 0.5) is 13.2 Å². The van der Waals surface area contributed by atoms with Gasteiger partial charge in [-0.05, 0) is 46.8 Å². The Morgan fingerprint density at radius 1 is 1.20 bits per heavy atom. The molecule has 140 valence electrons. The molecule has 0 aromatic heterocycles. The average Bonchev–Trinajstić information content (AvgIpc) is 2.60. The lowest BCUT2D eigenvalue weighted by Crippen LogP contribution is -2.48. The van der Waals surface area contributed by atoms with Crippen molar-refractivity contribution in [2.45, 2.75) is 25.1 Å². The minimum atomic E-state index is -4.51. The topological polar surface area (TPSA) is 44.7 Å². The second kappa shape index (κ2) is 7.82. The summed E-state index contributed by atoms with van der Waals surface area (Å²) in [4.78, 5) is 2.07. The maximum absolute atomic E-state index is 13.7. The summed E-state index contributed by atoms with van der Waals surface area (Å²) in [6.07, 6.45) is -3.12. The van der Waals surface area contributed by atoms with Crippen molar-refractivity contribution in [1.82, 2.24) is 10.2 Å². The highest BCUT2D eigenvalue weighted by Crippen LogP contribution is 2.47. The summed E-state index contributed by atoms with van der Waals surface area (Å²) in [5.74, 6) is -0.280. The van der Waals surface area contributed by atoms with Gasteiger partial charge in [0.1, 0.15) is 5.75 Å². The molecule has 3 rings (SSSR count). The van der Waals surface area contributed by atoms with Crippen LogP contribution in [0.1, 0.15) is 30.0 Å². The molecule has 1 aromatic rings. The van der Waals surface area contributed by atoms with Crippen LogP contribution in [-0.4, -0.2) is 49.4 Å². The van der Waals surface area contributed by atoms with Gasteiger partial charge in [0, 0.05) is 51.0 Å². The maximum atomic E-state index is 13.7. The highest BCUT2D eigenvalue weighted by molar-refractivity contribution is 9.10. The molecule has 0 amide bonds. The lowest BCUT2D eigenvalue weighted by molar-refractivity contribution is -0.139. The Hall–Kier alpha value is -0.830. The number of hydrogen-bond donors (Lipinski definition) is 2. The van der Waals surface area contributed by atoms with Gasteiger partial charge in [-0.3, -0.25) is 4.90 Å². The number of hydrogen-bond acceptors (Lipinski definition) is 4. The number of nitrogens with zero attached hydrogens (tertiary/aromatic N) is 1. The van der Waals surface area contributed by atoms with E-state index in [2.05, 4.69) is 26.1 Å². The number of phenols is 1. The number of ether oxygens (including phenoxy) is 1. The van der Waals surface area contributed by atoms with Crippen molar-refractivity contribution in [2.24, 2.45) is 5.92 Å². The van der Waals surface area contributed by atoms with Crippen LogP contribution in [0.25, 0.3) is 0 Å². The first-order chi connectivity index (χ1) is 11.9. The standard InChI is InChI=1S/C17H22BrF3N2O2/c18-13-2-1-12(17(19,20)21)14(16(13)24)15(11-3-9-25-10-4-11)23-7-5-22-6-8-23/h1-2,11,15,22,24H,3-10H2/t15-/m1/s1. The number of phenolic OH excluding ortho intramolecular Hbond substituents is 1. The number of piperazine rings is 1. The van der Waals surface area contributed by atoms with E-state index in [0.29, 0.717) is 43.6 Å². The Kier molecular flexibility index (Phi) is 5.92. The normalized spacial score (nSPS) is 22.1. The molecule has 25 heavy (non-hydrogen) atoms. The molecular weight excluding hydrogens is 401 g/mol. The van der Waals surface area contributed by atoms with Crippen molar-refractivity contribution in [3.63, 3.8) is 0 Å². The molecule has 0 saturated carbocycles. The van der Waals surface area contributed by atoms with E-state index >= 15 is 0 Å². The van der Waals surface area contributed by atoms with Crippen molar-refractivity contribution >= 4 is 15.9 Å². The van der Waals surface area contributed by atoms with Crippen LogP contribution < -0.4 is 5.32 Å². The molecule has 2 saturated heterocycles. The van der Waals surface area contributed by atoms with E-state index in [1.807, 2.05) is 0 Å². The Balaban J connectivity index is 2.09. The van der Waals surface area contributed by atoms with Crippen LogP contribution >= 0.6 is 15.9 Å². The molecular formula is C17H22BrF3N2O2. The summed E-state index contributed by atoms with van der Waals surface area (Å²) in [7, 11) is 0. The van der Waals surface area contributed by atoms with E-state index in [9.17, 15) is 18.3 Å². The third-order valence-corrected chi connectivity index (χ3v) is 5.67. The Morgan fingerprint density at radius 2 is 1.84 bits per heavy atom. The van der Waals surface area contributed by atoms with Crippen LogP contribution in [0, 0.1) is 5.92 Å². The number of aromatic hydroxyl groups is 1. The fourth-order valence-corrected chi connectivity index (χ4v) is 4.18. The summed E-state index contributed by atoms with van der Waals surface area (Å²) in [6, 6.07) is 1.86. The fraction of sp³-hybridized carbons (Fsp3) is 0.647. The summed E-state index contributed by atoms with van der Waals surface area (Å²) in [5, 5.41) is 13.8. The molecule has 2 aliphatic rings. The van der Waals surface area contributed by atoms with E-state index < -0.39 is 17.8 Å². The number of benzene rings is 1. The van der Waals surface area contributed by atoms with Crippen LogP contribution in [0.3, 0.4) is 0 Å². The van der Waals surface area contributed by atoms with Crippen molar-refractivity contribution in [2.75, 3.05) is 39.4 Å². The summed E-state index contributed by atoms with van der Waals surface area (Å²) >= 11 is 3.19. The highest BCUT2D eigenvalue weighted by Gasteiger charge is 2.42. The van der Waals surface area contributed by atoms with Crippen LogP contribution in [-0.2, 0) is 10.9 Å². The third-order valence-electron chi connectivity index (χ3n) is 5.03. The minimum Gasteiger partial charge on any atom is -0.506 e. The van der Waals surface area contributed by atoms with Gasteiger partial charge < -0.3 is 15.2 Å². The zero-order valence-electron chi connectivity index (χ0n) is 13.8. The van der Waals surface area contributed by atoms with Gasteiger partial charge >= 0.3 is 6.18 Å². The summed E-state index contributed by atoms with van der Waals surface area (Å²) in [5.41, 5.74) is -0.751. The molecule has 1 aromatic carbocycles. The first-order valence-corrected chi connectivity index (χ1v) is 9.30. The van der Waals surface area contributed by atoms with Crippen LogP contribution in [0.5, 0.6) is 5.75 Å². The fourth-order valence-electron chi connectivity index (χ4n) is 3.84. The molecule has 8 heteroatoms. The lowest BCUT2D eigenvalue weighted by atomic mass is 9.83. The highest BCUT2D eigenvalue weighted by atomic mass is 79.9. The van der Waals surface area contributed by atoms with E-state index in [1.54, 1.807) is 0 Å². The lowest BCUT2D eigenvalue weighted by Gasteiger charge is -2.42. The van der Waals surface area contributed by atoms with Gasteiger partial charge in [0.15, 0.2) is 0 Å². The SMILES string of the molecule is Oc1c(Br)ccc(C(F)(F)F)c1[C@@H](C1CCOCC1)N1CCNCC1. The van der Waals surface area contributed by atoms with Gasteiger partial charge in [0.2, 0.25) is 0 Å². The van der Waals surface area contributed by atoms with E-state index in [4.69, 9.17) is 4.74 Å². The quantitative estimate of drug-likeness (QED) is 0.781. The Bertz CT molecular complexity index is 582. The molecule has 2 heterocycles. The van der Waals surface area contributed by atoms with Crippen molar-refractivity contribution in [3.05, 3.63) is 27.7 Å². The van der Waals surface area contributed by atoms with Gasteiger partial charge in [-0.2, -0.15) is 13.2 Å². The summed E-state index contributed by atoms with van der Waals surface area (Å²) in [6.45, 7) is 3.87. The van der Waals surface area contributed by atoms with E-state index in [0.717, 1.165) is 19.2 Å². The van der Waals surface area contributed by atoms with Crippen LogP contribution in [0.15, 0.2) is 16.6 Å². The Labute approximate surface area is 153 Å². The average molecular weight is 423 g/mol. The number of alkyl halides is 3. The molecule has 1 atom stereocenters. The third kappa shape index (κ3) is 4.13. The predicted molar refractivity (Wildman–Crippen MR) is 91.5 cm³/mol. The number of halogens is 4. The molecule has 0 unspecified atom stereocenters. The number of rotatable bonds is 3. The van der Waals surface area contributed by atoms with Gasteiger partial charge in [0.25, 0.3) is 0 Å². The molecule has 0 bridgehead atoms. The summed E-state index contributed by atoms with van der Waals surface area (Å²) < 4.78 is 46.7. The zero-order valence-corrected chi connectivity index (χ0v) is 15.4. The molecule has 0 radical (unpaired) electrons. The first kappa shape index (κ1) is 18.9. The molecule has 0 aliphatic carbocycles. The molecule has 2 N–H and O–H groups in total. The van der Waals surface area contributed by atoms with Gasteiger partial charge in [-0.1, -0.05) is 0 Å². The van der Waals surface area contributed by atoms with Gasteiger partial charge in [0.05, 0.1) is 10.0 Å². The second-order valence-corrected chi connectivity index (χ2v) is 7.39. The van der Waals surface area contributed by atoms with Gasteiger partial charge in [-0.25, -0.2) is 0 Å². The van der Waals surface area contributed by atoms with E-state index in [1.165, 1.54) is 6.07 Å². The molecule has 2 aliphatic heterocycles. The second-order valence-electron chi connectivity index (χ2n) is 6.54.